The van der Waals surface area contributed by atoms with E-state index in [9.17, 15) is 13.2 Å². The molecule has 2 aliphatic heterocycles. The van der Waals surface area contributed by atoms with Crippen LogP contribution in [0.4, 0.5) is 11.4 Å². The second-order valence-electron chi connectivity index (χ2n) is 8.68. The fourth-order valence-electron chi connectivity index (χ4n) is 4.37. The molecule has 2 saturated heterocycles. The lowest BCUT2D eigenvalue weighted by atomic mass is 9.85. The first-order valence-corrected chi connectivity index (χ1v) is 13.0. The molecule has 176 valence electrons. The number of hydrogen-bond acceptors (Lipinski definition) is 6. The number of carbonyl (C=O) groups excluding carboxylic acids is 1. The highest BCUT2D eigenvalue weighted by Gasteiger charge is 2.43. The second-order valence-corrected chi connectivity index (χ2v) is 11.1. The first-order valence-electron chi connectivity index (χ1n) is 10.7. The third kappa shape index (κ3) is 4.85. The first kappa shape index (κ1) is 23.5. The molecule has 0 bridgehead atoms. The molecule has 4 rings (SSSR count). The van der Waals surface area contributed by atoms with Crippen molar-refractivity contribution in [1.29, 1.82) is 5.41 Å². The maximum atomic E-state index is 13.1. The van der Waals surface area contributed by atoms with Crippen LogP contribution >= 0.6 is 11.6 Å². The molecule has 2 aliphatic rings. The molecule has 10 heteroatoms. The quantitative estimate of drug-likeness (QED) is 0.590. The molecule has 1 amide bonds. The van der Waals surface area contributed by atoms with Gasteiger partial charge in [0.15, 0.2) is 15.8 Å². The normalized spacial score (nSPS) is 22.2. The average Bonchev–Trinajstić information content (AvgIpc) is 2.75. The van der Waals surface area contributed by atoms with Gasteiger partial charge in [0.1, 0.15) is 0 Å². The molecule has 0 aliphatic carbocycles. The number of anilines is 2. The van der Waals surface area contributed by atoms with E-state index in [1.54, 1.807) is 17.0 Å². The third-order valence-electron chi connectivity index (χ3n) is 6.12. The lowest BCUT2D eigenvalue weighted by Crippen LogP contribution is -2.62. The molecule has 0 aromatic heterocycles. The topological polar surface area (TPSA) is 112 Å². The number of nitrogens with zero attached hydrogens (tertiary/aromatic N) is 1. The highest BCUT2D eigenvalue weighted by Crippen LogP contribution is 2.39. The van der Waals surface area contributed by atoms with Crippen molar-refractivity contribution in [3.05, 3.63) is 53.1 Å². The Balaban J connectivity index is 1.57. The zero-order valence-corrected chi connectivity index (χ0v) is 20.1. The summed E-state index contributed by atoms with van der Waals surface area (Å²) in [6.45, 7) is 3.04. The second kappa shape index (κ2) is 8.96. The van der Waals surface area contributed by atoms with Gasteiger partial charge in [-0.3, -0.25) is 15.1 Å². The fourth-order valence-corrected chi connectivity index (χ4v) is 5.38. The minimum atomic E-state index is -3.28. The van der Waals surface area contributed by atoms with Crippen molar-refractivity contribution in [2.45, 2.75) is 42.7 Å². The predicted molar refractivity (Wildman–Crippen MR) is 128 cm³/mol. The van der Waals surface area contributed by atoms with Gasteiger partial charge in [0.25, 0.3) is 0 Å². The Hall–Kier alpha value is -2.62. The van der Waals surface area contributed by atoms with Gasteiger partial charge < -0.3 is 15.4 Å². The maximum Gasteiger partial charge on any atom is 0.232 e. The number of benzene rings is 2. The van der Waals surface area contributed by atoms with Gasteiger partial charge in [-0.15, -0.1) is 0 Å². The van der Waals surface area contributed by atoms with E-state index in [4.69, 9.17) is 21.7 Å². The van der Waals surface area contributed by atoms with Crippen LogP contribution in [0.25, 0.3) is 0 Å². The number of guanidine groups is 1. The van der Waals surface area contributed by atoms with Crippen molar-refractivity contribution in [3.8, 4) is 0 Å². The Morgan fingerprint density at radius 3 is 2.45 bits per heavy atom. The van der Waals surface area contributed by atoms with Crippen LogP contribution in [0.3, 0.4) is 0 Å². The van der Waals surface area contributed by atoms with Gasteiger partial charge in [-0.1, -0.05) is 23.7 Å². The number of rotatable bonds is 5. The van der Waals surface area contributed by atoms with Gasteiger partial charge in [-0.05, 0) is 55.7 Å². The average molecular weight is 491 g/mol. The van der Waals surface area contributed by atoms with E-state index >= 15 is 0 Å². The summed E-state index contributed by atoms with van der Waals surface area (Å²) in [6, 6.07) is 11.9. The molecule has 0 radical (unpaired) electrons. The monoisotopic (exact) mass is 490 g/mol. The van der Waals surface area contributed by atoms with Crippen LogP contribution in [-0.4, -0.2) is 50.7 Å². The third-order valence-corrected chi connectivity index (χ3v) is 7.65. The van der Waals surface area contributed by atoms with E-state index in [1.807, 2.05) is 25.1 Å². The summed E-state index contributed by atoms with van der Waals surface area (Å²) in [5.74, 6) is -0.0367. The Morgan fingerprint density at radius 2 is 1.85 bits per heavy atom. The molecule has 0 saturated carbocycles. The van der Waals surface area contributed by atoms with Gasteiger partial charge >= 0.3 is 0 Å². The van der Waals surface area contributed by atoms with Gasteiger partial charge in [0, 0.05) is 31.2 Å². The van der Waals surface area contributed by atoms with Crippen LogP contribution in [0.2, 0.25) is 5.02 Å². The van der Waals surface area contributed by atoms with E-state index in [-0.39, 0.29) is 29.2 Å². The van der Waals surface area contributed by atoms with Crippen LogP contribution in [0, 0.1) is 5.41 Å². The summed E-state index contributed by atoms with van der Waals surface area (Å²) in [5, 5.41) is 15.4. The van der Waals surface area contributed by atoms with Crippen molar-refractivity contribution in [1.82, 2.24) is 10.2 Å². The van der Waals surface area contributed by atoms with E-state index < -0.39 is 15.4 Å². The summed E-state index contributed by atoms with van der Waals surface area (Å²) < 4.78 is 28.8. The molecule has 0 unspecified atom stereocenters. The lowest BCUT2D eigenvalue weighted by molar-refractivity contribution is -0.133. The van der Waals surface area contributed by atoms with Crippen LogP contribution in [0.5, 0.6) is 0 Å². The largest absolute Gasteiger partial charge is 0.381 e. The molecule has 0 spiro atoms. The molecule has 2 fully saturated rings. The molecular formula is C23H27ClN4O4S. The number of halogens is 1. The summed E-state index contributed by atoms with van der Waals surface area (Å²) in [7, 11) is -3.28. The van der Waals surface area contributed by atoms with Crippen LogP contribution in [-0.2, 0) is 24.9 Å². The predicted octanol–water partition coefficient (Wildman–Crippen LogP) is 3.64. The summed E-state index contributed by atoms with van der Waals surface area (Å²) in [6.07, 6.45) is 2.75. The molecule has 2 aromatic rings. The number of ether oxygens (including phenoxy) is 1. The van der Waals surface area contributed by atoms with Crippen molar-refractivity contribution >= 4 is 44.7 Å². The number of nitrogens with one attached hydrogen (secondary N) is 3. The van der Waals surface area contributed by atoms with E-state index in [1.165, 1.54) is 12.1 Å². The Bertz CT molecular complexity index is 1160. The summed E-state index contributed by atoms with van der Waals surface area (Å²) >= 11 is 6.76. The zero-order chi connectivity index (χ0) is 23.8. The molecule has 33 heavy (non-hydrogen) atoms. The Labute approximate surface area is 198 Å². The standard InChI is InChI=1S/C23H27ClN4O4S/c1-23(14-20(29)28(22(25)27-23)16-10-12-32-13-11-16)18-4-3-5-19(21(18)24)26-15-6-8-17(9-7-15)33(2,30)31/h3-9,16,26H,10-14H2,1-2H3,(H2,25,27)/t23-/m0/s1. The number of carbonyl (C=O) groups is 1. The molecule has 1 atom stereocenters. The van der Waals surface area contributed by atoms with E-state index in [0.29, 0.717) is 48.0 Å². The minimum absolute atomic E-state index is 0.0332. The van der Waals surface area contributed by atoms with Crippen LogP contribution < -0.4 is 10.6 Å². The fraction of sp³-hybridized carbons (Fsp3) is 0.391. The van der Waals surface area contributed by atoms with Crippen molar-refractivity contribution < 1.29 is 17.9 Å². The Morgan fingerprint density at radius 1 is 1.18 bits per heavy atom. The minimum Gasteiger partial charge on any atom is -0.381 e. The summed E-state index contributed by atoms with van der Waals surface area (Å²) in [4.78, 5) is 14.9. The van der Waals surface area contributed by atoms with E-state index in [0.717, 1.165) is 6.26 Å². The van der Waals surface area contributed by atoms with Gasteiger partial charge in [0.05, 0.1) is 27.6 Å². The zero-order valence-electron chi connectivity index (χ0n) is 18.5. The maximum absolute atomic E-state index is 13.1. The first-order chi connectivity index (χ1) is 15.6. The van der Waals surface area contributed by atoms with Crippen LogP contribution in [0.1, 0.15) is 31.7 Å². The molecule has 3 N–H and O–H groups in total. The molecule has 8 nitrogen and oxygen atoms in total. The number of hydrogen-bond donors (Lipinski definition) is 3. The molecular weight excluding hydrogens is 464 g/mol. The summed E-state index contributed by atoms with van der Waals surface area (Å²) in [5.41, 5.74) is 1.16. The number of amides is 1. The van der Waals surface area contributed by atoms with Gasteiger partial charge in [0.2, 0.25) is 5.91 Å². The van der Waals surface area contributed by atoms with Crippen molar-refractivity contribution in [2.75, 3.05) is 24.8 Å². The molecule has 2 aromatic carbocycles. The SMILES string of the molecule is C[C@@]1(c2cccc(Nc3ccc(S(C)(=O)=O)cc3)c2Cl)CC(=O)N(C2CCOCC2)C(=N)N1. The van der Waals surface area contributed by atoms with Gasteiger partial charge in [-0.25, -0.2) is 8.42 Å². The van der Waals surface area contributed by atoms with Crippen LogP contribution in [0.15, 0.2) is 47.4 Å². The van der Waals surface area contributed by atoms with E-state index in [2.05, 4.69) is 10.6 Å². The van der Waals surface area contributed by atoms with Gasteiger partial charge in [-0.2, -0.15) is 0 Å². The molecule has 2 heterocycles. The Kier molecular flexibility index (Phi) is 6.39. The van der Waals surface area contributed by atoms with Crippen molar-refractivity contribution in [2.24, 2.45) is 0 Å². The smallest absolute Gasteiger partial charge is 0.232 e. The highest BCUT2D eigenvalue weighted by atomic mass is 35.5. The van der Waals surface area contributed by atoms with Crippen molar-refractivity contribution in [3.63, 3.8) is 0 Å². The highest BCUT2D eigenvalue weighted by molar-refractivity contribution is 7.90. The number of sulfone groups is 1. The lowest BCUT2D eigenvalue weighted by Gasteiger charge is -2.45.